The van der Waals surface area contributed by atoms with Crippen LogP contribution in [0.1, 0.15) is 79.3 Å². The maximum atomic E-state index is 14.3. The lowest BCUT2D eigenvalue weighted by Gasteiger charge is -2.26. The van der Waals surface area contributed by atoms with Crippen LogP contribution < -0.4 is 25.6 Å². The Kier molecular flexibility index (Phi) is 21.0. The van der Waals surface area contributed by atoms with Gasteiger partial charge in [0, 0.05) is 25.5 Å². The number of ether oxygens (including phenoxy) is 3. The van der Waals surface area contributed by atoms with Gasteiger partial charge in [-0.1, -0.05) is 65.7 Å². The molecule has 66 heavy (non-hydrogen) atoms. The van der Waals surface area contributed by atoms with Gasteiger partial charge in [-0.3, -0.25) is 28.5 Å². The second-order valence-corrected chi connectivity index (χ2v) is 19.0. The molecule has 3 aromatic rings. The molecule has 0 spiro atoms. The Balaban J connectivity index is 1.39. The van der Waals surface area contributed by atoms with Gasteiger partial charge in [0.15, 0.2) is 11.6 Å². The van der Waals surface area contributed by atoms with Crippen LogP contribution in [0.2, 0.25) is 0 Å². The highest BCUT2D eigenvalue weighted by Gasteiger charge is 2.56. The summed E-state index contributed by atoms with van der Waals surface area (Å²) >= 11 is 1.03. The highest BCUT2D eigenvalue weighted by atomic mass is 32.2. The number of nitriles is 1. The van der Waals surface area contributed by atoms with E-state index >= 15 is 0 Å². The predicted octanol–water partition coefficient (Wildman–Crippen LogP) is 4.32. The molecule has 1 saturated heterocycles. The number of ketones is 1. The van der Waals surface area contributed by atoms with Crippen molar-refractivity contribution in [3.05, 3.63) is 54.5 Å². The van der Waals surface area contributed by atoms with Crippen molar-refractivity contribution in [3.63, 3.8) is 0 Å². The Morgan fingerprint density at radius 1 is 1.03 bits per heavy atom. The molecule has 1 aliphatic heterocycles. The molecule has 1 aliphatic rings. The number of unbranched alkanes of at least 4 members (excludes halogenated alkanes) is 1. The Bertz CT molecular complexity index is 2190. The lowest BCUT2D eigenvalue weighted by molar-refractivity contribution is -0.146. The first-order chi connectivity index (χ1) is 31.5. The summed E-state index contributed by atoms with van der Waals surface area (Å²) in [5, 5.41) is 37.4. The van der Waals surface area contributed by atoms with Gasteiger partial charge < -0.3 is 39.8 Å². The van der Waals surface area contributed by atoms with Crippen molar-refractivity contribution in [2.24, 2.45) is 17.8 Å². The van der Waals surface area contributed by atoms with Crippen molar-refractivity contribution < 1.29 is 56.9 Å². The molecule has 2 aromatic heterocycles. The molecule has 3 amide bonds. The van der Waals surface area contributed by atoms with E-state index in [4.69, 9.17) is 23.3 Å². The molecular weight excluding hydrogens is 896 g/mol. The van der Waals surface area contributed by atoms with E-state index in [-0.39, 0.29) is 71.0 Å². The topological polar surface area (TPSA) is 271 Å². The fourth-order valence-electron chi connectivity index (χ4n) is 7.08. The molecule has 362 valence electrons. The molecule has 4 rings (SSSR count). The number of aromatic nitrogens is 3. The number of aliphatic hydroxyl groups excluding tert-OH is 1. The van der Waals surface area contributed by atoms with E-state index in [1.54, 1.807) is 57.2 Å². The lowest BCUT2D eigenvalue weighted by Crippen LogP contribution is -2.43. The van der Waals surface area contributed by atoms with E-state index in [0.29, 0.717) is 25.8 Å². The number of aliphatic hydroxyl groups is 1. The zero-order valence-electron chi connectivity index (χ0n) is 38.5. The maximum absolute atomic E-state index is 14.3. The van der Waals surface area contributed by atoms with E-state index in [2.05, 4.69) is 37.2 Å². The van der Waals surface area contributed by atoms with Gasteiger partial charge in [-0.05, 0) is 56.4 Å². The summed E-state index contributed by atoms with van der Waals surface area (Å²) in [4.78, 5) is 67.6. The van der Waals surface area contributed by atoms with Gasteiger partial charge in [0.1, 0.15) is 42.4 Å². The number of benzene rings is 1. The van der Waals surface area contributed by atoms with Crippen molar-refractivity contribution in [1.82, 2.24) is 30.3 Å². The number of nitrogens with zero attached hydrogens (tertiary/aromatic N) is 4. The van der Waals surface area contributed by atoms with E-state index in [1.165, 1.54) is 24.6 Å². The van der Waals surface area contributed by atoms with E-state index in [0.717, 1.165) is 30.9 Å². The molecule has 0 bridgehead atoms. The molecule has 22 heteroatoms. The molecule has 0 radical (unpaired) electrons. The average Bonchev–Trinajstić information content (AvgIpc) is 3.84. The first kappa shape index (κ1) is 53.7. The number of nitrogens with one attached hydrogen (secondary N) is 4. The Morgan fingerprint density at radius 3 is 2.41 bits per heavy atom. The van der Waals surface area contributed by atoms with Crippen molar-refractivity contribution >= 4 is 60.3 Å². The van der Waals surface area contributed by atoms with Crippen LogP contribution in [0, 0.1) is 29.1 Å². The third-order valence-electron chi connectivity index (χ3n) is 11.0. The van der Waals surface area contributed by atoms with Crippen molar-refractivity contribution in [1.29, 1.82) is 5.26 Å². The third-order valence-corrected chi connectivity index (χ3v) is 13.6. The normalized spacial score (nSPS) is 20.0. The summed E-state index contributed by atoms with van der Waals surface area (Å²) in [6, 6.07) is 11.6. The van der Waals surface area contributed by atoms with Crippen molar-refractivity contribution in [2.75, 3.05) is 50.3 Å². The highest BCUT2D eigenvalue weighted by Crippen LogP contribution is 2.48. The van der Waals surface area contributed by atoms with Gasteiger partial charge in [0.2, 0.25) is 23.3 Å². The molecule has 1 aromatic carbocycles. The standard InChI is InChI=1S/C44H63N8O12PS/c1-8-31(9-2)21-61-43(58)30(6)51-65(59,64-32-15-11-10-12-16-32)62-22-35-29(5)41(57)44(26-45,63-35)36-19-18-34-42(47-27-48-52(34)36)50-39(55)25-66-24-38(54)49-33(40(56)28(3)4)17-13-14-20-46-37(53)23-60-7/h10-12,15-16,18-19,27-31,33,35,41,57H,8-9,13-14,17,20-25H2,1-7H3,(H,46,53)(H,49,54)(H,51,59)(H,47,48,50,55)/t29-,30+,33?,35-,41-,44+,65?/m1/s1. The number of hydrogen-bond donors (Lipinski definition) is 5. The van der Waals surface area contributed by atoms with Crippen LogP contribution in [0.15, 0.2) is 48.8 Å². The number of hydrogen-bond acceptors (Lipinski definition) is 16. The Morgan fingerprint density at radius 2 is 1.74 bits per heavy atom. The molecule has 3 heterocycles. The largest absolute Gasteiger partial charge is 0.464 e. The minimum absolute atomic E-state index is 0.0422. The molecule has 0 aliphatic carbocycles. The number of Topliss-reactive ketones (excluding diaryl/α,β-unsaturated/α-hetero) is 1. The highest BCUT2D eigenvalue weighted by molar-refractivity contribution is 8.00. The first-order valence-corrected chi connectivity index (χ1v) is 24.7. The van der Waals surface area contributed by atoms with Crippen molar-refractivity contribution in [2.45, 2.75) is 104 Å². The smallest absolute Gasteiger partial charge is 0.459 e. The molecule has 5 N–H and O–H groups in total. The Hall–Kier alpha value is -4.94. The van der Waals surface area contributed by atoms with Gasteiger partial charge in [0.25, 0.3) is 0 Å². The summed E-state index contributed by atoms with van der Waals surface area (Å²) < 4.78 is 43.8. The summed E-state index contributed by atoms with van der Waals surface area (Å²) in [6.07, 6.45) is 1.90. The van der Waals surface area contributed by atoms with Gasteiger partial charge in [0.05, 0.1) is 42.6 Å². The minimum atomic E-state index is -4.33. The number of methoxy groups -OCH3 is 1. The van der Waals surface area contributed by atoms with Crippen LogP contribution in [-0.4, -0.2) is 118 Å². The number of fused-ring (bicyclic) bond motifs is 1. The van der Waals surface area contributed by atoms with E-state index in [9.17, 15) is 38.9 Å². The van der Waals surface area contributed by atoms with Gasteiger partial charge >= 0.3 is 13.7 Å². The molecule has 20 nitrogen and oxygen atoms in total. The molecule has 2 unspecified atom stereocenters. The van der Waals surface area contributed by atoms with Gasteiger partial charge in [-0.2, -0.15) is 15.4 Å². The average molecular weight is 959 g/mol. The predicted molar refractivity (Wildman–Crippen MR) is 245 cm³/mol. The number of esters is 1. The van der Waals surface area contributed by atoms with Crippen LogP contribution in [-0.2, 0) is 52.9 Å². The quantitative estimate of drug-likeness (QED) is 0.0385. The summed E-state index contributed by atoms with van der Waals surface area (Å²) in [5.41, 5.74) is -1.63. The number of rotatable bonds is 28. The fraction of sp³-hybridized carbons (Fsp3) is 0.591. The van der Waals surface area contributed by atoms with Gasteiger partial charge in [-0.15, -0.1) is 11.8 Å². The number of amides is 3. The number of thioether (sulfide) groups is 1. The van der Waals surface area contributed by atoms with Crippen LogP contribution in [0.25, 0.3) is 5.52 Å². The molecule has 0 saturated carbocycles. The van der Waals surface area contributed by atoms with Crippen LogP contribution in [0.4, 0.5) is 5.82 Å². The molecule has 1 fully saturated rings. The van der Waals surface area contributed by atoms with E-state index in [1.807, 2.05) is 13.8 Å². The van der Waals surface area contributed by atoms with E-state index < -0.39 is 67.9 Å². The number of anilines is 1. The third kappa shape index (κ3) is 14.8. The number of carbonyl (C=O) groups excluding carboxylic acids is 5. The van der Waals surface area contributed by atoms with Gasteiger partial charge in [-0.25, -0.2) is 14.1 Å². The van der Waals surface area contributed by atoms with Crippen LogP contribution >= 0.6 is 19.5 Å². The summed E-state index contributed by atoms with van der Waals surface area (Å²) in [5.74, 6) is -2.80. The first-order valence-electron chi connectivity index (χ1n) is 22.0. The summed E-state index contributed by atoms with van der Waals surface area (Å²) in [7, 11) is -2.90. The number of para-hydroxylation sites is 1. The molecule has 7 atom stereocenters. The summed E-state index contributed by atoms with van der Waals surface area (Å²) in [6.45, 7) is 10.7. The Labute approximate surface area is 389 Å². The second kappa shape index (κ2) is 25.8. The zero-order valence-corrected chi connectivity index (χ0v) is 40.2. The van der Waals surface area contributed by atoms with Crippen LogP contribution in [0.5, 0.6) is 5.75 Å². The molecular formula is C44H63N8O12PS. The monoisotopic (exact) mass is 958 g/mol. The number of carbonyl (C=O) groups is 5. The zero-order chi connectivity index (χ0) is 48.4. The minimum Gasteiger partial charge on any atom is -0.464 e. The van der Waals surface area contributed by atoms with Crippen LogP contribution in [0.3, 0.4) is 0 Å². The second-order valence-electron chi connectivity index (χ2n) is 16.3. The van der Waals surface area contributed by atoms with Crippen molar-refractivity contribution in [3.8, 4) is 11.8 Å². The lowest BCUT2D eigenvalue weighted by atomic mass is 9.88. The SMILES string of the molecule is CCC(CC)COC(=O)[C@H](C)NP(=O)(OC[C@H]1O[C@@](C#N)(c2ccc3c(NC(=O)CSCC(=O)NC(CCCCNC(=O)COC)C(=O)C(C)C)ncnn23)[C@H](O)[C@@H]1C)Oc1ccccc1. The maximum Gasteiger partial charge on any atom is 0.459 e. The fourth-order valence-corrected chi connectivity index (χ4v) is 9.21.